The first-order valence-corrected chi connectivity index (χ1v) is 10.3. The minimum atomic E-state index is 0.447. The maximum absolute atomic E-state index is 4.73. The molecule has 0 amide bonds. The van der Waals surface area contributed by atoms with Crippen molar-refractivity contribution in [3.8, 4) is 0 Å². The Morgan fingerprint density at radius 1 is 1.08 bits per heavy atom. The van der Waals surface area contributed by atoms with Crippen LogP contribution in [-0.2, 0) is 25.8 Å². The van der Waals surface area contributed by atoms with Crippen LogP contribution >= 0.6 is 0 Å². The van der Waals surface area contributed by atoms with Crippen molar-refractivity contribution < 1.29 is 0 Å². The number of aryl methyl sites for hydroxylation is 3. The highest BCUT2D eigenvalue weighted by atomic mass is 15.0. The average molecular weight is 354 g/mol. The predicted molar refractivity (Wildman–Crippen MR) is 104 cm³/mol. The Hall–Kier alpha value is -1.72. The zero-order valence-corrected chi connectivity index (χ0v) is 15.7. The second-order valence-electron chi connectivity index (χ2n) is 7.65. The van der Waals surface area contributed by atoms with Crippen molar-refractivity contribution in [2.45, 2.75) is 70.4 Å². The summed E-state index contributed by atoms with van der Waals surface area (Å²) in [6.45, 7) is 2.98. The number of rotatable bonds is 8. The highest BCUT2D eigenvalue weighted by molar-refractivity contribution is 5.25. The van der Waals surface area contributed by atoms with Gasteiger partial charge in [0, 0.05) is 17.9 Å². The number of nitrogens with one attached hydrogen (secondary N) is 3. The third kappa shape index (κ3) is 4.33. The van der Waals surface area contributed by atoms with Crippen molar-refractivity contribution in [1.82, 2.24) is 25.6 Å². The number of hydrogen-bond donors (Lipinski definition) is 3. The maximum Gasteiger partial charge on any atom is 0.120 e. The van der Waals surface area contributed by atoms with E-state index < -0.39 is 0 Å². The van der Waals surface area contributed by atoms with E-state index in [1.54, 1.807) is 0 Å². The molecule has 2 aromatic rings. The van der Waals surface area contributed by atoms with Crippen LogP contribution in [0.2, 0.25) is 0 Å². The van der Waals surface area contributed by atoms with Crippen molar-refractivity contribution in [3.05, 3.63) is 46.8 Å². The summed E-state index contributed by atoms with van der Waals surface area (Å²) in [5.74, 6) is 1.11. The van der Waals surface area contributed by atoms with Crippen molar-refractivity contribution in [2.75, 3.05) is 13.1 Å². The van der Waals surface area contributed by atoms with Crippen LogP contribution in [0.4, 0.5) is 0 Å². The monoisotopic (exact) mass is 353 g/mol. The van der Waals surface area contributed by atoms with E-state index in [1.807, 2.05) is 6.20 Å². The fourth-order valence-electron chi connectivity index (χ4n) is 4.26. The van der Waals surface area contributed by atoms with E-state index >= 15 is 0 Å². The van der Waals surface area contributed by atoms with E-state index in [-0.39, 0.29) is 0 Å². The Labute approximate surface area is 156 Å². The summed E-state index contributed by atoms with van der Waals surface area (Å²) in [5.41, 5.74) is 5.38. The van der Waals surface area contributed by atoms with Crippen LogP contribution in [0.5, 0.6) is 0 Å². The molecule has 26 heavy (non-hydrogen) atoms. The van der Waals surface area contributed by atoms with Gasteiger partial charge in [-0.15, -0.1) is 0 Å². The van der Waals surface area contributed by atoms with Crippen molar-refractivity contribution in [1.29, 1.82) is 0 Å². The van der Waals surface area contributed by atoms with Crippen LogP contribution in [0.15, 0.2) is 18.3 Å². The van der Waals surface area contributed by atoms with Gasteiger partial charge in [0.15, 0.2) is 0 Å². The molecule has 0 radical (unpaired) electrons. The van der Waals surface area contributed by atoms with Gasteiger partial charge in [0.1, 0.15) is 5.82 Å². The standard InChI is InChI=1S/C21H31N5/c1-2-10-18-17(9-1)25-20(26-18)15-22-12-3-4-13-23-19-11-5-7-16-8-6-14-24-21(16)19/h6,8,14,19,22-23H,1-5,7,9-13,15H2,(H,25,26). The summed E-state index contributed by atoms with van der Waals surface area (Å²) < 4.78 is 0. The molecular weight excluding hydrogens is 322 g/mol. The molecule has 2 heterocycles. The van der Waals surface area contributed by atoms with E-state index in [0.29, 0.717) is 6.04 Å². The summed E-state index contributed by atoms with van der Waals surface area (Å²) in [6.07, 6.45) is 12.9. The number of imidazole rings is 1. The van der Waals surface area contributed by atoms with Crippen LogP contribution < -0.4 is 10.6 Å². The Morgan fingerprint density at radius 2 is 2.00 bits per heavy atom. The molecule has 0 saturated heterocycles. The molecule has 0 bridgehead atoms. The molecular formula is C21H31N5. The average Bonchev–Trinajstić information content (AvgIpc) is 3.10. The molecule has 0 aromatic carbocycles. The lowest BCUT2D eigenvalue weighted by Gasteiger charge is -2.25. The maximum atomic E-state index is 4.73. The number of unbranched alkanes of at least 4 members (excludes halogenated alkanes) is 1. The number of hydrogen-bond acceptors (Lipinski definition) is 4. The molecule has 5 heteroatoms. The zero-order chi connectivity index (χ0) is 17.6. The van der Waals surface area contributed by atoms with Crippen LogP contribution in [-0.4, -0.2) is 28.0 Å². The summed E-state index contributed by atoms with van der Waals surface area (Å²) in [7, 11) is 0. The molecule has 4 rings (SSSR count). The lowest BCUT2D eigenvalue weighted by atomic mass is 9.92. The molecule has 2 aliphatic carbocycles. The zero-order valence-electron chi connectivity index (χ0n) is 15.7. The summed E-state index contributed by atoms with van der Waals surface area (Å²) >= 11 is 0. The summed E-state index contributed by atoms with van der Waals surface area (Å²) in [5, 5.41) is 7.24. The molecule has 1 atom stereocenters. The van der Waals surface area contributed by atoms with Crippen LogP contribution in [0.3, 0.4) is 0 Å². The van der Waals surface area contributed by atoms with Crippen molar-refractivity contribution in [2.24, 2.45) is 0 Å². The van der Waals surface area contributed by atoms with E-state index in [4.69, 9.17) is 4.98 Å². The third-order valence-electron chi connectivity index (χ3n) is 5.66. The quantitative estimate of drug-likeness (QED) is 0.638. The van der Waals surface area contributed by atoms with Gasteiger partial charge in [-0.05, 0) is 82.5 Å². The normalized spacial score (nSPS) is 19.2. The van der Waals surface area contributed by atoms with E-state index in [9.17, 15) is 0 Å². The molecule has 0 aliphatic heterocycles. The number of H-pyrrole nitrogens is 1. The van der Waals surface area contributed by atoms with Crippen LogP contribution in [0.1, 0.15) is 73.0 Å². The van der Waals surface area contributed by atoms with E-state index in [2.05, 4.69) is 32.7 Å². The molecule has 1 unspecified atom stereocenters. The van der Waals surface area contributed by atoms with Crippen molar-refractivity contribution in [3.63, 3.8) is 0 Å². The Bertz CT molecular complexity index is 685. The summed E-state index contributed by atoms with van der Waals surface area (Å²) in [4.78, 5) is 12.8. The SMILES string of the molecule is c1cnc2c(c1)CCCC2NCCCCNCc1nc2c([nH]1)CCCC2. The number of fused-ring (bicyclic) bond motifs is 2. The molecule has 2 aromatic heterocycles. The fourth-order valence-corrected chi connectivity index (χ4v) is 4.26. The van der Waals surface area contributed by atoms with Gasteiger partial charge in [0.2, 0.25) is 0 Å². The third-order valence-corrected chi connectivity index (χ3v) is 5.66. The minimum Gasteiger partial charge on any atom is -0.345 e. The Morgan fingerprint density at radius 3 is 2.96 bits per heavy atom. The smallest absolute Gasteiger partial charge is 0.120 e. The number of pyridine rings is 1. The predicted octanol–water partition coefficient (Wildman–Crippen LogP) is 3.22. The van der Waals surface area contributed by atoms with Gasteiger partial charge in [-0.2, -0.15) is 0 Å². The molecule has 3 N–H and O–H groups in total. The number of aromatic amines is 1. The molecule has 5 nitrogen and oxygen atoms in total. The second-order valence-corrected chi connectivity index (χ2v) is 7.65. The Balaban J connectivity index is 1.12. The molecule has 140 valence electrons. The lowest BCUT2D eigenvalue weighted by Crippen LogP contribution is -2.27. The highest BCUT2D eigenvalue weighted by Gasteiger charge is 2.20. The van der Waals surface area contributed by atoms with Crippen LogP contribution in [0.25, 0.3) is 0 Å². The highest BCUT2D eigenvalue weighted by Crippen LogP contribution is 2.27. The van der Waals surface area contributed by atoms with E-state index in [0.717, 1.165) is 31.9 Å². The Kier molecular flexibility index (Phi) is 5.97. The molecule has 2 aliphatic rings. The van der Waals surface area contributed by atoms with E-state index in [1.165, 1.54) is 74.0 Å². The molecule has 0 spiro atoms. The second kappa shape index (κ2) is 8.78. The minimum absolute atomic E-state index is 0.447. The van der Waals surface area contributed by atoms with Gasteiger partial charge in [0.25, 0.3) is 0 Å². The van der Waals surface area contributed by atoms with Gasteiger partial charge < -0.3 is 15.6 Å². The first kappa shape index (κ1) is 17.7. The molecule has 0 fully saturated rings. The van der Waals surface area contributed by atoms with Crippen molar-refractivity contribution >= 4 is 0 Å². The van der Waals surface area contributed by atoms with Gasteiger partial charge in [0.05, 0.1) is 17.9 Å². The first-order valence-electron chi connectivity index (χ1n) is 10.3. The number of aromatic nitrogens is 3. The first-order chi connectivity index (χ1) is 12.9. The lowest BCUT2D eigenvalue weighted by molar-refractivity contribution is 0.439. The summed E-state index contributed by atoms with van der Waals surface area (Å²) in [6, 6.07) is 4.73. The van der Waals surface area contributed by atoms with Gasteiger partial charge in [-0.3, -0.25) is 4.98 Å². The topological polar surface area (TPSA) is 65.6 Å². The fraction of sp³-hybridized carbons (Fsp3) is 0.619. The van der Waals surface area contributed by atoms with Gasteiger partial charge in [-0.1, -0.05) is 6.07 Å². The van der Waals surface area contributed by atoms with Crippen LogP contribution in [0, 0.1) is 0 Å². The van der Waals surface area contributed by atoms with Gasteiger partial charge >= 0.3 is 0 Å². The number of nitrogens with zero attached hydrogens (tertiary/aromatic N) is 2. The largest absolute Gasteiger partial charge is 0.345 e. The molecule has 0 saturated carbocycles. The van der Waals surface area contributed by atoms with Gasteiger partial charge in [-0.25, -0.2) is 4.98 Å².